The van der Waals surface area contributed by atoms with E-state index in [0.29, 0.717) is 43.3 Å². The smallest absolute Gasteiger partial charge is 0.338 e. The summed E-state index contributed by atoms with van der Waals surface area (Å²) in [5.41, 5.74) is 0.361. The van der Waals surface area contributed by atoms with Gasteiger partial charge >= 0.3 is 23.9 Å². The van der Waals surface area contributed by atoms with Crippen LogP contribution in [0.4, 0.5) is 0 Å². The van der Waals surface area contributed by atoms with Gasteiger partial charge in [0.05, 0.1) is 24.9 Å². The Morgan fingerprint density at radius 1 is 0.841 bits per heavy atom. The van der Waals surface area contributed by atoms with Crippen LogP contribution in [-0.2, 0) is 47.6 Å². The molecule has 12 nitrogen and oxygen atoms in total. The van der Waals surface area contributed by atoms with Crippen LogP contribution >= 0.6 is 0 Å². The van der Waals surface area contributed by atoms with Crippen molar-refractivity contribution in [1.82, 2.24) is 0 Å². The molecule has 0 saturated heterocycles. The van der Waals surface area contributed by atoms with E-state index in [-0.39, 0.29) is 51.0 Å². The molecule has 0 heterocycles. The third kappa shape index (κ3) is 15.8. The predicted octanol–water partition coefficient (Wildman–Crippen LogP) is 3.72. The summed E-state index contributed by atoms with van der Waals surface area (Å²) in [6, 6.07) is 6.32. The van der Waals surface area contributed by atoms with Crippen LogP contribution in [0.15, 0.2) is 62.2 Å². The van der Waals surface area contributed by atoms with Gasteiger partial charge in [-0.1, -0.05) is 26.7 Å². The van der Waals surface area contributed by atoms with Crippen LogP contribution in [0.25, 0.3) is 0 Å². The summed E-state index contributed by atoms with van der Waals surface area (Å²) in [4.78, 5) is 56.1. The number of esters is 4. The van der Waals surface area contributed by atoms with Crippen molar-refractivity contribution < 1.29 is 57.1 Å². The van der Waals surface area contributed by atoms with Gasteiger partial charge in [-0.3, -0.25) is 9.59 Å². The molecule has 44 heavy (non-hydrogen) atoms. The van der Waals surface area contributed by atoms with Gasteiger partial charge < -0.3 is 33.2 Å². The molecule has 2 unspecified atom stereocenters. The molecule has 2 atom stereocenters. The van der Waals surface area contributed by atoms with Crippen LogP contribution in [0, 0.1) is 0 Å². The van der Waals surface area contributed by atoms with Crippen LogP contribution in [-0.4, -0.2) is 88.1 Å². The Bertz CT molecular complexity index is 1070. The highest BCUT2D eigenvalue weighted by Gasteiger charge is 2.26. The first-order valence-electron chi connectivity index (χ1n) is 14.1. The fourth-order valence-electron chi connectivity index (χ4n) is 3.79. The molecule has 242 valence electrons. The summed E-state index contributed by atoms with van der Waals surface area (Å²) in [6.45, 7) is 11.7. The van der Waals surface area contributed by atoms with E-state index in [9.17, 15) is 19.2 Å². The van der Waals surface area contributed by atoms with Crippen molar-refractivity contribution in [2.24, 2.45) is 0 Å². The van der Waals surface area contributed by atoms with Gasteiger partial charge in [-0.25, -0.2) is 14.4 Å². The first-order chi connectivity index (χ1) is 21.2. The van der Waals surface area contributed by atoms with Crippen molar-refractivity contribution in [3.05, 3.63) is 67.8 Å². The number of carbonyl (C=O) groups is 5. The second kappa shape index (κ2) is 22.3. The van der Waals surface area contributed by atoms with E-state index in [1.54, 1.807) is 38.3 Å². The first kappa shape index (κ1) is 37.7. The number of ether oxygens (including phenoxy) is 7. The van der Waals surface area contributed by atoms with Gasteiger partial charge in [0, 0.05) is 25.7 Å². The number of methoxy groups -OCH3 is 1. The molecular formula is C32H42O12. The van der Waals surface area contributed by atoms with Crippen LogP contribution < -0.4 is 4.74 Å². The minimum absolute atomic E-state index is 0.0130. The molecule has 0 N–H and O–H groups in total. The average Bonchev–Trinajstić information content (AvgIpc) is 3.05. The molecule has 0 bridgehead atoms. The first-order valence-corrected chi connectivity index (χ1v) is 14.1. The van der Waals surface area contributed by atoms with Gasteiger partial charge in [-0.05, 0) is 56.0 Å². The predicted molar refractivity (Wildman–Crippen MR) is 159 cm³/mol. The van der Waals surface area contributed by atoms with E-state index in [2.05, 4.69) is 19.7 Å². The molecule has 0 radical (unpaired) electrons. The zero-order valence-corrected chi connectivity index (χ0v) is 25.3. The lowest BCUT2D eigenvalue weighted by Gasteiger charge is -2.29. The number of hydrogen-bond donors (Lipinski definition) is 0. The molecule has 12 heteroatoms. The zero-order chi connectivity index (χ0) is 32.7. The molecule has 1 fully saturated rings. The van der Waals surface area contributed by atoms with Crippen molar-refractivity contribution in [2.45, 2.75) is 63.4 Å². The number of benzene rings is 1. The second-order valence-electron chi connectivity index (χ2n) is 9.36. The number of hydrogen-bond acceptors (Lipinski definition) is 12. The van der Waals surface area contributed by atoms with Crippen LogP contribution in [0.3, 0.4) is 0 Å². The molecule has 0 aliphatic heterocycles. The maximum atomic E-state index is 12.6. The van der Waals surface area contributed by atoms with E-state index < -0.39 is 30.1 Å². The lowest BCUT2D eigenvalue weighted by Crippen LogP contribution is -2.33. The Hall–Kier alpha value is -4.29. The number of aldehydes is 1. The van der Waals surface area contributed by atoms with Gasteiger partial charge in [0.15, 0.2) is 6.10 Å². The summed E-state index contributed by atoms with van der Waals surface area (Å²) in [7, 11) is 1.54. The Kier molecular flexibility index (Phi) is 19.1. The Morgan fingerprint density at radius 2 is 1.43 bits per heavy atom. The second-order valence-corrected chi connectivity index (χ2v) is 9.36. The maximum Gasteiger partial charge on any atom is 0.338 e. The molecule has 1 saturated carbocycles. The molecule has 1 aromatic rings. The lowest BCUT2D eigenvalue weighted by atomic mass is 9.95. The third-order valence-electron chi connectivity index (χ3n) is 6.00. The minimum Gasteiger partial charge on any atom is -0.490 e. The van der Waals surface area contributed by atoms with Crippen LogP contribution in [0.1, 0.15) is 49.4 Å². The normalized spacial score (nSPS) is 16.8. The largest absolute Gasteiger partial charge is 0.490 e. The highest BCUT2D eigenvalue weighted by Crippen LogP contribution is 2.25. The zero-order valence-electron chi connectivity index (χ0n) is 25.3. The van der Waals surface area contributed by atoms with Gasteiger partial charge in [-0.15, -0.1) is 0 Å². The lowest BCUT2D eigenvalue weighted by molar-refractivity contribution is -0.157. The van der Waals surface area contributed by atoms with Crippen LogP contribution in [0.2, 0.25) is 0 Å². The molecule has 0 amide bonds. The van der Waals surface area contributed by atoms with Crippen molar-refractivity contribution in [1.29, 1.82) is 0 Å². The highest BCUT2D eigenvalue weighted by atomic mass is 16.6. The molecule has 0 spiro atoms. The number of rotatable bonds is 18. The molecule has 0 aromatic heterocycles. The number of carbonyl (C=O) groups excluding carboxylic acids is 5. The van der Waals surface area contributed by atoms with Crippen molar-refractivity contribution >= 4 is 30.2 Å². The summed E-state index contributed by atoms with van der Waals surface area (Å²) in [6.07, 6.45) is 5.29. The van der Waals surface area contributed by atoms with Gasteiger partial charge in [0.1, 0.15) is 37.5 Å². The minimum atomic E-state index is -0.865. The SMILES string of the molecule is C=CC(=O)OCC(COc1ccc(C(=O)OC2CCC(OCC(COC)OC(=O)CC)CC2)cc1)OC(=O)C=C.C=CC=O. The third-order valence-corrected chi connectivity index (χ3v) is 6.00. The summed E-state index contributed by atoms with van der Waals surface area (Å²) >= 11 is 0. The standard InChI is InChI=1S/C29H38O11.C3H4O/c1-5-26(30)37-19-25(39-28(32)7-3)18-36-21-10-8-20(9-11-21)29(33)40-23-14-12-22(13-15-23)35-17-24(16-34-4)38-27(31)6-2;1-2-3-4/h5,7-11,22-25H,1,3,6,12-19H2,2,4H3;2-3H,1H2. The van der Waals surface area contributed by atoms with Gasteiger partial charge in [-0.2, -0.15) is 0 Å². The van der Waals surface area contributed by atoms with E-state index in [1.165, 1.54) is 6.08 Å². The molecule has 2 rings (SSSR count). The molecule has 1 aliphatic rings. The number of allylic oxidation sites excluding steroid dienone is 1. The highest BCUT2D eigenvalue weighted by molar-refractivity contribution is 5.89. The molecule has 1 aliphatic carbocycles. The van der Waals surface area contributed by atoms with Crippen LogP contribution in [0.5, 0.6) is 5.75 Å². The fourth-order valence-corrected chi connectivity index (χ4v) is 3.79. The maximum absolute atomic E-state index is 12.6. The van der Waals surface area contributed by atoms with E-state index in [1.807, 2.05) is 0 Å². The quantitative estimate of drug-likeness (QED) is 0.102. The van der Waals surface area contributed by atoms with Gasteiger partial charge in [0.2, 0.25) is 0 Å². The van der Waals surface area contributed by atoms with Gasteiger partial charge in [0.25, 0.3) is 0 Å². The topological polar surface area (TPSA) is 150 Å². The average molecular weight is 619 g/mol. The van der Waals surface area contributed by atoms with E-state index in [4.69, 9.17) is 38.0 Å². The Labute approximate surface area is 257 Å². The van der Waals surface area contributed by atoms with E-state index in [0.717, 1.165) is 12.2 Å². The summed E-state index contributed by atoms with van der Waals surface area (Å²) < 4.78 is 37.7. The Morgan fingerprint density at radius 3 is 1.98 bits per heavy atom. The summed E-state index contributed by atoms with van der Waals surface area (Å²) in [5.74, 6) is -1.67. The monoisotopic (exact) mass is 618 g/mol. The van der Waals surface area contributed by atoms with Crippen molar-refractivity contribution in [2.75, 3.05) is 33.5 Å². The fraction of sp³-hybridized carbons (Fsp3) is 0.469. The van der Waals surface area contributed by atoms with E-state index >= 15 is 0 Å². The molecule has 1 aromatic carbocycles. The summed E-state index contributed by atoms with van der Waals surface area (Å²) in [5, 5.41) is 0. The molecular weight excluding hydrogens is 576 g/mol. The van der Waals surface area contributed by atoms with Crippen molar-refractivity contribution in [3.63, 3.8) is 0 Å². The Balaban J connectivity index is 0.00000227. The van der Waals surface area contributed by atoms with Crippen molar-refractivity contribution in [3.8, 4) is 5.75 Å².